The molecule has 0 unspecified atom stereocenters. The Morgan fingerprint density at radius 3 is 2.87 bits per heavy atom. The van der Waals surface area contributed by atoms with Crippen LogP contribution in [-0.2, 0) is 9.53 Å². The maximum Gasteiger partial charge on any atom is 0.410 e. The van der Waals surface area contributed by atoms with Crippen molar-refractivity contribution >= 4 is 29.4 Å². The minimum absolute atomic E-state index is 0.0753. The lowest BCUT2D eigenvalue weighted by Crippen LogP contribution is -2.50. The molecule has 3 aliphatic rings. The molecule has 0 aromatic carbocycles. The molecular formula is C15H19ClN4O3. The number of hydrogen-bond acceptors (Lipinski definition) is 5. The Morgan fingerprint density at radius 2 is 2.17 bits per heavy atom. The Labute approximate surface area is 139 Å². The number of carbonyl (C=O) groups is 2. The molecule has 3 rings (SSSR count). The molecule has 8 heteroatoms. The predicted molar refractivity (Wildman–Crippen MR) is 85.7 cm³/mol. The molecule has 0 saturated carbocycles. The molecular weight excluding hydrogens is 320 g/mol. The van der Waals surface area contributed by atoms with Gasteiger partial charge >= 0.3 is 6.09 Å². The van der Waals surface area contributed by atoms with Gasteiger partial charge in [-0.2, -0.15) is 5.10 Å². The minimum Gasteiger partial charge on any atom is -0.444 e. The topological polar surface area (TPSA) is 74.2 Å². The summed E-state index contributed by atoms with van der Waals surface area (Å²) in [5.74, 6) is 0.421. The molecule has 0 aromatic heterocycles. The summed E-state index contributed by atoms with van der Waals surface area (Å²) in [6, 6.07) is 0. The molecule has 3 heterocycles. The number of halogens is 1. The Bertz CT molecular complexity index is 660. The third kappa shape index (κ3) is 3.06. The van der Waals surface area contributed by atoms with E-state index in [4.69, 9.17) is 16.3 Å². The maximum atomic E-state index is 12.2. The first-order chi connectivity index (χ1) is 10.8. The number of rotatable bonds is 0. The Kier molecular flexibility index (Phi) is 3.83. The van der Waals surface area contributed by atoms with Crippen LogP contribution in [0.1, 0.15) is 27.2 Å². The standard InChI is InChI=1S/C15H19ClN4O3/c1-15(2,3)23-14(22)19-5-4-11-9(8-19)10(16)6-12-18-17-7-13(21)20(11)12/h6,17H,4-5,7-8H2,1-3H3. The van der Waals surface area contributed by atoms with Gasteiger partial charge in [0.2, 0.25) is 0 Å². The van der Waals surface area contributed by atoms with Crippen molar-refractivity contribution in [3.8, 4) is 0 Å². The third-order valence-electron chi connectivity index (χ3n) is 3.68. The van der Waals surface area contributed by atoms with Crippen molar-refractivity contribution < 1.29 is 14.3 Å². The first-order valence-electron chi connectivity index (χ1n) is 7.47. The molecule has 1 N–H and O–H groups in total. The maximum absolute atomic E-state index is 12.2. The van der Waals surface area contributed by atoms with Gasteiger partial charge in [-0.15, -0.1) is 0 Å². The number of hydrazone groups is 1. The number of ether oxygens (including phenoxy) is 1. The summed E-state index contributed by atoms with van der Waals surface area (Å²) in [4.78, 5) is 27.6. The molecule has 0 saturated heterocycles. The number of amides is 2. The van der Waals surface area contributed by atoms with Crippen molar-refractivity contribution in [3.63, 3.8) is 0 Å². The molecule has 0 atom stereocenters. The van der Waals surface area contributed by atoms with Gasteiger partial charge < -0.3 is 9.64 Å². The minimum atomic E-state index is -0.549. The highest BCUT2D eigenvalue weighted by Crippen LogP contribution is 2.34. The van der Waals surface area contributed by atoms with Crippen LogP contribution in [-0.4, -0.2) is 52.9 Å². The van der Waals surface area contributed by atoms with Gasteiger partial charge in [-0.3, -0.25) is 15.1 Å². The highest BCUT2D eigenvalue weighted by Gasteiger charge is 2.37. The average Bonchev–Trinajstić information content (AvgIpc) is 2.45. The number of nitrogens with one attached hydrogen (secondary N) is 1. The summed E-state index contributed by atoms with van der Waals surface area (Å²) in [7, 11) is 0. The van der Waals surface area contributed by atoms with E-state index in [1.165, 1.54) is 0 Å². The van der Waals surface area contributed by atoms with Gasteiger partial charge in [0, 0.05) is 30.3 Å². The monoisotopic (exact) mass is 338 g/mol. The molecule has 23 heavy (non-hydrogen) atoms. The van der Waals surface area contributed by atoms with Gasteiger partial charge in [0.1, 0.15) is 12.1 Å². The van der Waals surface area contributed by atoms with E-state index in [0.29, 0.717) is 30.4 Å². The second kappa shape index (κ2) is 5.56. The molecule has 7 nitrogen and oxygen atoms in total. The van der Waals surface area contributed by atoms with Gasteiger partial charge in [-0.05, 0) is 20.8 Å². The van der Waals surface area contributed by atoms with Crippen molar-refractivity contribution in [3.05, 3.63) is 22.4 Å². The molecule has 0 fully saturated rings. The SMILES string of the molecule is CC(C)(C)OC(=O)N1CCC2=C(C1)C(Cl)=CC1=NNCC(=O)N12. The van der Waals surface area contributed by atoms with Crippen molar-refractivity contribution in [1.29, 1.82) is 0 Å². The fourth-order valence-corrected chi connectivity index (χ4v) is 2.99. The third-order valence-corrected chi connectivity index (χ3v) is 4.02. The lowest BCUT2D eigenvalue weighted by molar-refractivity contribution is -0.125. The van der Waals surface area contributed by atoms with Crippen LogP contribution >= 0.6 is 11.6 Å². The molecule has 124 valence electrons. The van der Waals surface area contributed by atoms with Gasteiger partial charge in [-0.25, -0.2) is 4.79 Å². The van der Waals surface area contributed by atoms with Gasteiger partial charge in [-0.1, -0.05) is 11.6 Å². The van der Waals surface area contributed by atoms with Crippen LogP contribution in [0.25, 0.3) is 0 Å². The highest BCUT2D eigenvalue weighted by atomic mass is 35.5. The van der Waals surface area contributed by atoms with E-state index in [-0.39, 0.29) is 18.5 Å². The Hall–Kier alpha value is -2.02. The Balaban J connectivity index is 1.85. The quantitative estimate of drug-likeness (QED) is 0.730. The predicted octanol–water partition coefficient (Wildman–Crippen LogP) is 1.76. The molecule has 0 spiro atoms. The molecule has 0 aliphatic carbocycles. The zero-order valence-electron chi connectivity index (χ0n) is 13.4. The van der Waals surface area contributed by atoms with E-state index in [0.717, 1.165) is 11.3 Å². The van der Waals surface area contributed by atoms with E-state index in [2.05, 4.69) is 10.5 Å². The van der Waals surface area contributed by atoms with Crippen molar-refractivity contribution in [2.24, 2.45) is 5.10 Å². The normalized spacial score (nSPS) is 21.1. The van der Waals surface area contributed by atoms with E-state index in [9.17, 15) is 9.59 Å². The molecule has 2 amide bonds. The number of hydrogen-bond donors (Lipinski definition) is 1. The van der Waals surface area contributed by atoms with E-state index in [1.807, 2.05) is 20.8 Å². The van der Waals surface area contributed by atoms with Crippen LogP contribution in [0.5, 0.6) is 0 Å². The summed E-state index contributed by atoms with van der Waals surface area (Å²) in [6.45, 7) is 6.44. The van der Waals surface area contributed by atoms with Gasteiger partial charge in [0.15, 0.2) is 5.84 Å². The lowest BCUT2D eigenvalue weighted by atomic mass is 10.00. The van der Waals surface area contributed by atoms with E-state index in [1.54, 1.807) is 15.9 Å². The first kappa shape index (κ1) is 15.9. The second-order valence-corrected chi connectivity index (χ2v) is 7.01. The zero-order chi connectivity index (χ0) is 16.8. The number of amidine groups is 1. The molecule has 0 aromatic rings. The number of nitrogens with zero attached hydrogens (tertiary/aromatic N) is 3. The second-order valence-electron chi connectivity index (χ2n) is 6.60. The smallest absolute Gasteiger partial charge is 0.410 e. The molecule has 3 aliphatic heterocycles. The summed E-state index contributed by atoms with van der Waals surface area (Å²) >= 11 is 6.34. The highest BCUT2D eigenvalue weighted by molar-refractivity contribution is 6.34. The molecule has 0 radical (unpaired) electrons. The van der Waals surface area contributed by atoms with Gasteiger partial charge in [0.05, 0.1) is 11.6 Å². The largest absolute Gasteiger partial charge is 0.444 e. The van der Waals surface area contributed by atoms with Crippen molar-refractivity contribution in [2.75, 3.05) is 19.6 Å². The number of fused-ring (bicyclic) bond motifs is 2. The fraction of sp³-hybridized carbons (Fsp3) is 0.533. The average molecular weight is 339 g/mol. The van der Waals surface area contributed by atoms with Crippen LogP contribution in [0.15, 0.2) is 27.5 Å². The Morgan fingerprint density at radius 1 is 1.43 bits per heavy atom. The van der Waals surface area contributed by atoms with Crippen molar-refractivity contribution in [2.45, 2.75) is 32.8 Å². The van der Waals surface area contributed by atoms with Crippen LogP contribution in [0, 0.1) is 0 Å². The fourth-order valence-electron chi connectivity index (χ4n) is 2.73. The van der Waals surface area contributed by atoms with Crippen molar-refractivity contribution in [1.82, 2.24) is 15.2 Å². The number of carbonyl (C=O) groups excluding carboxylic acids is 2. The first-order valence-corrected chi connectivity index (χ1v) is 7.85. The summed E-state index contributed by atoms with van der Waals surface area (Å²) in [6.07, 6.45) is 1.80. The van der Waals surface area contributed by atoms with Crippen LogP contribution < -0.4 is 5.43 Å². The van der Waals surface area contributed by atoms with Gasteiger partial charge in [0.25, 0.3) is 5.91 Å². The van der Waals surface area contributed by atoms with Crippen LogP contribution in [0.2, 0.25) is 0 Å². The summed E-state index contributed by atoms with van der Waals surface area (Å²) < 4.78 is 5.41. The van der Waals surface area contributed by atoms with E-state index < -0.39 is 5.60 Å². The lowest BCUT2D eigenvalue weighted by Gasteiger charge is -2.39. The zero-order valence-corrected chi connectivity index (χ0v) is 14.1. The summed E-state index contributed by atoms with van der Waals surface area (Å²) in [5.41, 5.74) is 3.74. The molecule has 0 bridgehead atoms. The van der Waals surface area contributed by atoms with E-state index >= 15 is 0 Å². The van der Waals surface area contributed by atoms with Crippen LogP contribution in [0.4, 0.5) is 4.79 Å². The summed E-state index contributed by atoms with van der Waals surface area (Å²) in [5, 5.41) is 4.62. The van der Waals surface area contributed by atoms with Crippen LogP contribution in [0.3, 0.4) is 0 Å².